The van der Waals surface area contributed by atoms with Crippen LogP contribution in [0.2, 0.25) is 0 Å². The lowest BCUT2D eigenvalue weighted by atomic mass is 9.92. The summed E-state index contributed by atoms with van der Waals surface area (Å²) in [7, 11) is 0. The van der Waals surface area contributed by atoms with Crippen molar-refractivity contribution in [3.8, 4) is 33.6 Å². The molecule has 1 unspecified atom stereocenters. The molecule has 210 valence electrons. The molecule has 3 heteroatoms. The fraction of sp³-hybridized carbons (Fsp3) is 0.0732. The number of thiophene rings is 1. The van der Waals surface area contributed by atoms with Crippen LogP contribution in [0.25, 0.3) is 59.4 Å². The second-order valence-electron chi connectivity index (χ2n) is 11.2. The van der Waals surface area contributed by atoms with E-state index in [1.54, 1.807) is 0 Å². The third kappa shape index (κ3) is 4.57. The fourth-order valence-corrected chi connectivity index (χ4v) is 7.70. The van der Waals surface area contributed by atoms with E-state index in [4.69, 9.17) is 9.97 Å². The van der Waals surface area contributed by atoms with E-state index in [1.165, 1.54) is 42.4 Å². The Morgan fingerprint density at radius 1 is 0.682 bits per heavy atom. The molecule has 0 amide bonds. The van der Waals surface area contributed by atoms with Gasteiger partial charge in [-0.3, -0.25) is 0 Å². The summed E-state index contributed by atoms with van der Waals surface area (Å²) < 4.78 is 2.71. The fourth-order valence-electron chi connectivity index (χ4n) is 6.58. The Kier molecular flexibility index (Phi) is 6.74. The van der Waals surface area contributed by atoms with E-state index < -0.39 is 0 Å². The molecule has 2 nitrogen and oxygen atoms in total. The maximum atomic E-state index is 5.05. The van der Waals surface area contributed by atoms with Crippen LogP contribution in [0.3, 0.4) is 0 Å². The number of hydrogen-bond donors (Lipinski definition) is 0. The Hall–Kier alpha value is -5.12. The second kappa shape index (κ2) is 11.2. The highest BCUT2D eigenvalue weighted by Crippen LogP contribution is 2.52. The molecule has 1 aliphatic rings. The summed E-state index contributed by atoms with van der Waals surface area (Å²) in [4.78, 5) is 10.1. The van der Waals surface area contributed by atoms with Crippen LogP contribution in [0, 0.1) is 0 Å². The molecule has 5 aromatic carbocycles. The molecule has 0 fully saturated rings. The maximum absolute atomic E-state index is 5.05. The highest BCUT2D eigenvalue weighted by Gasteiger charge is 2.30. The Labute approximate surface area is 261 Å². The van der Waals surface area contributed by atoms with E-state index in [-0.39, 0.29) is 0 Å². The van der Waals surface area contributed by atoms with Crippen LogP contribution < -0.4 is 0 Å². The minimum atomic E-state index is 0.301. The number of hydrogen-bond acceptors (Lipinski definition) is 3. The lowest BCUT2D eigenvalue weighted by molar-refractivity contribution is 0.855. The lowest BCUT2D eigenvalue weighted by Crippen LogP contribution is -1.99. The quantitative estimate of drug-likeness (QED) is 0.182. The van der Waals surface area contributed by atoms with E-state index in [2.05, 4.69) is 140 Å². The summed E-state index contributed by atoms with van der Waals surface area (Å²) in [5, 5.41) is 2.76. The van der Waals surface area contributed by atoms with Gasteiger partial charge in [0.25, 0.3) is 0 Å². The Morgan fingerprint density at radius 2 is 1.34 bits per heavy atom. The van der Waals surface area contributed by atoms with Gasteiger partial charge in [-0.25, -0.2) is 9.97 Å². The third-order valence-electron chi connectivity index (χ3n) is 8.66. The van der Waals surface area contributed by atoms with Gasteiger partial charge in [0.1, 0.15) is 0 Å². The SMILES string of the molecule is C/C=C(\C=C/CC1c2ccccc2-c2c1ccc1sc3ccccc3c21)c1nc(-c2ccccc2)cc(-c2ccccc2)n1. The molecule has 0 radical (unpaired) electrons. The van der Waals surface area contributed by atoms with Gasteiger partial charge in [0.05, 0.1) is 11.4 Å². The highest BCUT2D eigenvalue weighted by atomic mass is 32.1. The molecule has 1 atom stereocenters. The van der Waals surface area contributed by atoms with Crippen molar-refractivity contribution in [1.29, 1.82) is 0 Å². The minimum absolute atomic E-state index is 0.301. The molecule has 2 heterocycles. The van der Waals surface area contributed by atoms with Crippen molar-refractivity contribution in [2.75, 3.05) is 0 Å². The molecule has 0 N–H and O–H groups in total. The van der Waals surface area contributed by atoms with Crippen LogP contribution in [0.5, 0.6) is 0 Å². The van der Waals surface area contributed by atoms with Crippen molar-refractivity contribution in [3.63, 3.8) is 0 Å². The second-order valence-corrected chi connectivity index (χ2v) is 12.3. The van der Waals surface area contributed by atoms with Gasteiger partial charge >= 0.3 is 0 Å². The van der Waals surface area contributed by atoms with E-state index in [9.17, 15) is 0 Å². The number of benzene rings is 5. The van der Waals surface area contributed by atoms with Crippen LogP contribution in [0.15, 0.2) is 146 Å². The predicted molar refractivity (Wildman–Crippen MR) is 187 cm³/mol. The molecular formula is C41H30N2S. The van der Waals surface area contributed by atoms with Crippen molar-refractivity contribution < 1.29 is 0 Å². The molecular weight excluding hydrogens is 553 g/mol. The summed E-state index contributed by atoms with van der Waals surface area (Å²) >= 11 is 1.89. The van der Waals surface area contributed by atoms with Crippen LogP contribution in [-0.2, 0) is 0 Å². The average molecular weight is 583 g/mol. The zero-order valence-electron chi connectivity index (χ0n) is 24.4. The van der Waals surface area contributed by atoms with Gasteiger partial charge in [0, 0.05) is 42.8 Å². The van der Waals surface area contributed by atoms with Crippen molar-refractivity contribution in [2.45, 2.75) is 19.3 Å². The van der Waals surface area contributed by atoms with Crippen LogP contribution in [0.1, 0.15) is 36.2 Å². The number of allylic oxidation sites excluding steroid dienone is 4. The Morgan fingerprint density at radius 3 is 2.07 bits per heavy atom. The molecule has 2 aromatic heterocycles. The molecule has 0 saturated carbocycles. The standard InChI is InChI=1S/C41H30N2S/c1-2-27(41-42-35(28-14-5-3-6-15-28)26-36(43-41)29-16-7-4-8-17-29)18-13-22-31-30-19-9-10-20-32(30)39-33(31)24-25-38-40(39)34-21-11-12-23-37(34)44-38/h2-21,23-26,31H,22H2,1H3/b18-13-,27-2+. The van der Waals surface area contributed by atoms with Gasteiger partial charge in [-0.2, -0.15) is 0 Å². The Bertz CT molecular complexity index is 2150. The van der Waals surface area contributed by atoms with Gasteiger partial charge in [-0.1, -0.05) is 127 Å². The first kappa shape index (κ1) is 26.5. The average Bonchev–Trinajstić information content (AvgIpc) is 3.63. The number of fused-ring (bicyclic) bond motifs is 7. The summed E-state index contributed by atoms with van der Waals surface area (Å²) in [5.74, 6) is 1.04. The van der Waals surface area contributed by atoms with E-state index in [0.717, 1.165) is 40.3 Å². The zero-order valence-corrected chi connectivity index (χ0v) is 25.3. The first-order valence-electron chi connectivity index (χ1n) is 15.1. The van der Waals surface area contributed by atoms with E-state index in [0.29, 0.717) is 5.92 Å². The van der Waals surface area contributed by atoms with Crippen molar-refractivity contribution in [1.82, 2.24) is 9.97 Å². The van der Waals surface area contributed by atoms with Crippen LogP contribution in [0.4, 0.5) is 0 Å². The van der Waals surface area contributed by atoms with Crippen LogP contribution >= 0.6 is 11.3 Å². The van der Waals surface area contributed by atoms with Gasteiger partial charge in [0.2, 0.25) is 0 Å². The monoisotopic (exact) mass is 582 g/mol. The molecule has 0 aliphatic heterocycles. The third-order valence-corrected chi connectivity index (χ3v) is 9.80. The first-order valence-corrected chi connectivity index (χ1v) is 16.0. The molecule has 7 aromatic rings. The summed E-state index contributed by atoms with van der Waals surface area (Å²) in [6.07, 6.45) is 7.53. The van der Waals surface area contributed by atoms with Gasteiger partial charge in [-0.15, -0.1) is 11.3 Å². The Balaban J connectivity index is 1.17. The maximum Gasteiger partial charge on any atom is 0.160 e. The summed E-state index contributed by atoms with van der Waals surface area (Å²) in [5.41, 5.74) is 10.6. The largest absolute Gasteiger partial charge is 0.228 e. The molecule has 8 rings (SSSR count). The van der Waals surface area contributed by atoms with Crippen molar-refractivity contribution in [2.24, 2.45) is 0 Å². The minimum Gasteiger partial charge on any atom is -0.228 e. The normalized spacial score (nSPS) is 14.4. The van der Waals surface area contributed by atoms with Gasteiger partial charge < -0.3 is 0 Å². The van der Waals surface area contributed by atoms with E-state index >= 15 is 0 Å². The molecule has 0 spiro atoms. The van der Waals surface area contributed by atoms with E-state index in [1.807, 2.05) is 23.5 Å². The summed E-state index contributed by atoms with van der Waals surface area (Å²) in [6.45, 7) is 2.07. The molecule has 1 aliphatic carbocycles. The van der Waals surface area contributed by atoms with Crippen LogP contribution in [-0.4, -0.2) is 9.97 Å². The number of rotatable bonds is 6. The number of aromatic nitrogens is 2. The molecule has 44 heavy (non-hydrogen) atoms. The molecule has 0 bridgehead atoms. The predicted octanol–water partition coefficient (Wildman–Crippen LogP) is 11.3. The first-order chi connectivity index (χ1) is 21.8. The number of nitrogens with zero attached hydrogens (tertiary/aromatic N) is 2. The van der Waals surface area contributed by atoms with Gasteiger partial charge in [0.15, 0.2) is 5.82 Å². The zero-order chi connectivity index (χ0) is 29.5. The lowest BCUT2D eigenvalue weighted by Gasteiger charge is -2.12. The smallest absolute Gasteiger partial charge is 0.160 e. The van der Waals surface area contributed by atoms with Crippen molar-refractivity contribution >= 4 is 37.1 Å². The van der Waals surface area contributed by atoms with Gasteiger partial charge in [-0.05, 0) is 53.8 Å². The highest BCUT2D eigenvalue weighted by molar-refractivity contribution is 7.25. The summed E-state index contributed by atoms with van der Waals surface area (Å²) in [6, 6.07) is 45.3. The van der Waals surface area contributed by atoms with Crippen molar-refractivity contribution in [3.05, 3.63) is 163 Å². The topological polar surface area (TPSA) is 25.8 Å². The molecule has 0 saturated heterocycles.